The molecule has 14 heavy (non-hydrogen) atoms. The van der Waals surface area contributed by atoms with Crippen LogP contribution in [0.5, 0.6) is 0 Å². The van der Waals surface area contributed by atoms with Gasteiger partial charge in [-0.05, 0) is 18.6 Å². The Morgan fingerprint density at radius 3 is 3.00 bits per heavy atom. The lowest BCUT2D eigenvalue weighted by atomic mass is 10.2. The van der Waals surface area contributed by atoms with Gasteiger partial charge in [-0.15, -0.1) is 0 Å². The molecule has 1 amide bonds. The van der Waals surface area contributed by atoms with Crippen molar-refractivity contribution in [3.05, 3.63) is 23.9 Å². The Balaban J connectivity index is 2.73. The standard InChI is InChI=1S/C10H15N3O/c1-3-5-12-9-7-8(4-6-13-9)10(14)11-2/h4,6-7H,3,5H2,1-2H3,(H,11,14)(H,12,13). The molecule has 4 heteroatoms. The number of anilines is 1. The number of hydrogen-bond donors (Lipinski definition) is 2. The number of pyridine rings is 1. The predicted molar refractivity (Wildman–Crippen MR) is 56.4 cm³/mol. The van der Waals surface area contributed by atoms with Crippen LogP contribution < -0.4 is 10.6 Å². The first-order valence-electron chi connectivity index (χ1n) is 4.70. The molecule has 0 aromatic carbocycles. The van der Waals surface area contributed by atoms with Gasteiger partial charge in [-0.25, -0.2) is 4.98 Å². The zero-order valence-corrected chi connectivity index (χ0v) is 8.50. The van der Waals surface area contributed by atoms with Gasteiger partial charge in [0, 0.05) is 25.4 Å². The first-order valence-corrected chi connectivity index (χ1v) is 4.70. The highest BCUT2D eigenvalue weighted by atomic mass is 16.1. The Morgan fingerprint density at radius 1 is 1.57 bits per heavy atom. The first-order chi connectivity index (χ1) is 6.77. The van der Waals surface area contributed by atoms with Crippen LogP contribution in [0.15, 0.2) is 18.3 Å². The van der Waals surface area contributed by atoms with Gasteiger partial charge in [-0.1, -0.05) is 6.92 Å². The van der Waals surface area contributed by atoms with E-state index in [9.17, 15) is 4.79 Å². The summed E-state index contributed by atoms with van der Waals surface area (Å²) in [6.07, 6.45) is 2.66. The summed E-state index contributed by atoms with van der Waals surface area (Å²) in [6, 6.07) is 3.43. The highest BCUT2D eigenvalue weighted by Crippen LogP contribution is 2.06. The van der Waals surface area contributed by atoms with E-state index in [1.165, 1.54) is 0 Å². The van der Waals surface area contributed by atoms with Crippen LogP contribution in [0.1, 0.15) is 23.7 Å². The van der Waals surface area contributed by atoms with E-state index in [0.29, 0.717) is 5.56 Å². The number of nitrogens with zero attached hydrogens (tertiary/aromatic N) is 1. The number of amides is 1. The summed E-state index contributed by atoms with van der Waals surface area (Å²) in [6.45, 7) is 2.94. The van der Waals surface area contributed by atoms with Crippen LogP contribution in [0.4, 0.5) is 5.82 Å². The quantitative estimate of drug-likeness (QED) is 0.757. The van der Waals surface area contributed by atoms with Crippen LogP contribution in [0.3, 0.4) is 0 Å². The van der Waals surface area contributed by atoms with Gasteiger partial charge >= 0.3 is 0 Å². The van der Waals surface area contributed by atoms with Gasteiger partial charge < -0.3 is 10.6 Å². The number of rotatable bonds is 4. The largest absolute Gasteiger partial charge is 0.370 e. The minimum atomic E-state index is -0.0908. The van der Waals surface area contributed by atoms with E-state index in [2.05, 4.69) is 22.5 Å². The third kappa shape index (κ3) is 2.73. The van der Waals surface area contributed by atoms with Crippen LogP contribution in [-0.2, 0) is 0 Å². The van der Waals surface area contributed by atoms with Crippen molar-refractivity contribution in [3.63, 3.8) is 0 Å². The van der Waals surface area contributed by atoms with E-state index in [1.54, 1.807) is 25.4 Å². The van der Waals surface area contributed by atoms with Gasteiger partial charge in [0.2, 0.25) is 0 Å². The SMILES string of the molecule is CCCNc1cc(C(=O)NC)ccn1. The Hall–Kier alpha value is -1.58. The predicted octanol–water partition coefficient (Wildman–Crippen LogP) is 1.26. The van der Waals surface area contributed by atoms with Crippen molar-refractivity contribution in [2.45, 2.75) is 13.3 Å². The maximum Gasteiger partial charge on any atom is 0.251 e. The van der Waals surface area contributed by atoms with E-state index in [1.807, 2.05) is 0 Å². The summed E-state index contributed by atoms with van der Waals surface area (Å²) in [5.74, 6) is 0.653. The molecule has 0 radical (unpaired) electrons. The fourth-order valence-corrected chi connectivity index (χ4v) is 1.07. The molecule has 1 heterocycles. The molecule has 0 aliphatic rings. The second-order valence-electron chi connectivity index (χ2n) is 2.94. The van der Waals surface area contributed by atoms with Crippen LogP contribution >= 0.6 is 0 Å². The van der Waals surface area contributed by atoms with Gasteiger partial charge in [0.15, 0.2) is 0 Å². The van der Waals surface area contributed by atoms with E-state index in [0.717, 1.165) is 18.8 Å². The van der Waals surface area contributed by atoms with E-state index in [-0.39, 0.29) is 5.91 Å². The summed E-state index contributed by atoms with van der Waals surface area (Å²) in [4.78, 5) is 15.4. The van der Waals surface area contributed by atoms with Gasteiger partial charge in [0.25, 0.3) is 5.91 Å². The topological polar surface area (TPSA) is 54.0 Å². The molecule has 1 aromatic rings. The third-order valence-electron chi connectivity index (χ3n) is 1.81. The second-order valence-corrected chi connectivity index (χ2v) is 2.94. The average Bonchev–Trinajstić information content (AvgIpc) is 2.25. The molecule has 0 aliphatic heterocycles. The van der Waals surface area contributed by atoms with Crippen molar-refractivity contribution in [3.8, 4) is 0 Å². The van der Waals surface area contributed by atoms with Crippen molar-refractivity contribution < 1.29 is 4.79 Å². The van der Waals surface area contributed by atoms with Crippen molar-refractivity contribution in [1.29, 1.82) is 0 Å². The second kappa shape index (κ2) is 5.21. The highest BCUT2D eigenvalue weighted by molar-refractivity contribution is 5.94. The molecule has 0 spiro atoms. The Labute approximate surface area is 83.7 Å². The lowest BCUT2D eigenvalue weighted by molar-refractivity contribution is 0.0963. The highest BCUT2D eigenvalue weighted by Gasteiger charge is 2.03. The molecule has 76 valence electrons. The maximum absolute atomic E-state index is 11.3. The van der Waals surface area contributed by atoms with Gasteiger partial charge in [-0.3, -0.25) is 4.79 Å². The summed E-state index contributed by atoms with van der Waals surface area (Å²) in [7, 11) is 1.61. The lowest BCUT2D eigenvalue weighted by Gasteiger charge is -2.05. The number of hydrogen-bond acceptors (Lipinski definition) is 3. The maximum atomic E-state index is 11.3. The molecule has 1 rings (SSSR count). The summed E-state index contributed by atoms with van der Waals surface area (Å²) >= 11 is 0. The third-order valence-corrected chi connectivity index (χ3v) is 1.81. The summed E-state index contributed by atoms with van der Waals surface area (Å²) < 4.78 is 0. The normalized spacial score (nSPS) is 9.57. The minimum absolute atomic E-state index is 0.0908. The van der Waals surface area contributed by atoms with E-state index < -0.39 is 0 Å². The zero-order chi connectivity index (χ0) is 10.4. The van der Waals surface area contributed by atoms with Gasteiger partial charge in [0.1, 0.15) is 5.82 Å². The average molecular weight is 193 g/mol. The smallest absolute Gasteiger partial charge is 0.251 e. The lowest BCUT2D eigenvalue weighted by Crippen LogP contribution is -2.18. The van der Waals surface area contributed by atoms with E-state index in [4.69, 9.17) is 0 Å². The molecule has 0 atom stereocenters. The van der Waals surface area contributed by atoms with Crippen LogP contribution in [-0.4, -0.2) is 24.5 Å². The van der Waals surface area contributed by atoms with Crippen molar-refractivity contribution in [2.24, 2.45) is 0 Å². The molecule has 0 saturated heterocycles. The fourth-order valence-electron chi connectivity index (χ4n) is 1.07. The number of carbonyl (C=O) groups is 1. The Bertz CT molecular complexity index is 312. The Kier molecular flexibility index (Phi) is 3.91. The molecule has 0 bridgehead atoms. The molecular weight excluding hydrogens is 178 g/mol. The summed E-state index contributed by atoms with van der Waals surface area (Å²) in [5.41, 5.74) is 0.626. The molecular formula is C10H15N3O. The zero-order valence-electron chi connectivity index (χ0n) is 8.50. The number of aromatic nitrogens is 1. The van der Waals surface area contributed by atoms with E-state index >= 15 is 0 Å². The fraction of sp³-hybridized carbons (Fsp3) is 0.400. The van der Waals surface area contributed by atoms with Crippen molar-refractivity contribution in [2.75, 3.05) is 18.9 Å². The van der Waals surface area contributed by atoms with Crippen LogP contribution in [0.2, 0.25) is 0 Å². The minimum Gasteiger partial charge on any atom is -0.370 e. The molecule has 4 nitrogen and oxygen atoms in total. The first kappa shape index (κ1) is 10.5. The number of nitrogens with one attached hydrogen (secondary N) is 2. The number of carbonyl (C=O) groups excluding carboxylic acids is 1. The van der Waals surface area contributed by atoms with Gasteiger partial charge in [-0.2, -0.15) is 0 Å². The van der Waals surface area contributed by atoms with Crippen molar-refractivity contribution >= 4 is 11.7 Å². The van der Waals surface area contributed by atoms with Crippen molar-refractivity contribution in [1.82, 2.24) is 10.3 Å². The molecule has 1 aromatic heterocycles. The summed E-state index contributed by atoms with van der Waals surface area (Å²) in [5, 5.41) is 5.69. The molecule has 2 N–H and O–H groups in total. The molecule has 0 unspecified atom stereocenters. The monoisotopic (exact) mass is 193 g/mol. The van der Waals surface area contributed by atoms with Gasteiger partial charge in [0.05, 0.1) is 0 Å². The van der Waals surface area contributed by atoms with Crippen LogP contribution in [0, 0.1) is 0 Å². The molecule has 0 saturated carbocycles. The molecule has 0 fully saturated rings. The van der Waals surface area contributed by atoms with Crippen LogP contribution in [0.25, 0.3) is 0 Å². The molecule has 0 aliphatic carbocycles. The Morgan fingerprint density at radius 2 is 2.36 bits per heavy atom.